The van der Waals surface area contributed by atoms with Crippen molar-refractivity contribution in [3.8, 4) is 11.5 Å². The molecule has 0 aliphatic heterocycles. The molecule has 1 aromatic heterocycles. The molecular weight excluding hydrogens is 372 g/mol. The zero-order chi connectivity index (χ0) is 20.6. The van der Waals surface area contributed by atoms with Gasteiger partial charge in [0.25, 0.3) is 5.91 Å². The minimum atomic E-state index is -0.466. The summed E-state index contributed by atoms with van der Waals surface area (Å²) in [4.78, 5) is 27.4. The van der Waals surface area contributed by atoms with Gasteiger partial charge >= 0.3 is 5.97 Å². The Morgan fingerprint density at radius 2 is 1.76 bits per heavy atom. The topological polar surface area (TPSA) is 89.6 Å². The summed E-state index contributed by atoms with van der Waals surface area (Å²) >= 11 is 0. The maximum absolute atomic E-state index is 12.1. The second-order valence-electron chi connectivity index (χ2n) is 6.27. The molecule has 29 heavy (non-hydrogen) atoms. The molecule has 0 atom stereocenters. The second-order valence-corrected chi connectivity index (χ2v) is 6.27. The first-order valence-electron chi connectivity index (χ1n) is 9.50. The molecule has 0 aliphatic carbocycles. The molecule has 0 fully saturated rings. The molecule has 1 amide bonds. The van der Waals surface area contributed by atoms with Gasteiger partial charge in [0.1, 0.15) is 0 Å². The zero-order valence-corrected chi connectivity index (χ0v) is 16.5. The van der Waals surface area contributed by atoms with Gasteiger partial charge in [0.15, 0.2) is 18.1 Å². The van der Waals surface area contributed by atoms with Gasteiger partial charge in [-0.25, -0.2) is 0 Å². The summed E-state index contributed by atoms with van der Waals surface area (Å²) in [6, 6.07) is 12.8. The normalized spacial score (nSPS) is 10.6. The van der Waals surface area contributed by atoms with Gasteiger partial charge < -0.3 is 24.5 Å². The molecule has 0 unspecified atom stereocenters. The third kappa shape index (κ3) is 5.28. The van der Waals surface area contributed by atoms with Crippen LogP contribution in [-0.2, 0) is 20.7 Å². The lowest BCUT2D eigenvalue weighted by atomic mass is 10.1. The van der Waals surface area contributed by atoms with Crippen LogP contribution in [0.2, 0.25) is 0 Å². The number of fused-ring (bicyclic) bond motifs is 1. The van der Waals surface area contributed by atoms with E-state index in [9.17, 15) is 9.59 Å². The highest BCUT2D eigenvalue weighted by Gasteiger charge is 2.13. The van der Waals surface area contributed by atoms with Crippen LogP contribution in [0.15, 0.2) is 48.7 Å². The highest BCUT2D eigenvalue weighted by molar-refractivity contribution is 5.93. The summed E-state index contributed by atoms with van der Waals surface area (Å²) < 4.78 is 16.2. The van der Waals surface area contributed by atoms with E-state index >= 15 is 0 Å². The molecular formula is C22H24N2O5. The van der Waals surface area contributed by atoms with Gasteiger partial charge in [-0.2, -0.15) is 0 Å². The van der Waals surface area contributed by atoms with Crippen LogP contribution in [0.1, 0.15) is 19.4 Å². The van der Waals surface area contributed by atoms with Gasteiger partial charge in [-0.1, -0.05) is 18.2 Å². The van der Waals surface area contributed by atoms with Crippen molar-refractivity contribution >= 4 is 28.5 Å². The second kappa shape index (κ2) is 9.64. The number of hydrogen-bond donors (Lipinski definition) is 2. The van der Waals surface area contributed by atoms with Gasteiger partial charge in [0.2, 0.25) is 0 Å². The van der Waals surface area contributed by atoms with E-state index in [1.807, 2.05) is 38.1 Å². The molecule has 152 valence electrons. The minimum absolute atomic E-state index is 0.0921. The predicted octanol–water partition coefficient (Wildman–Crippen LogP) is 3.69. The number of aromatic amines is 1. The molecule has 2 aromatic carbocycles. The third-order valence-electron chi connectivity index (χ3n) is 4.20. The third-order valence-corrected chi connectivity index (χ3v) is 4.20. The van der Waals surface area contributed by atoms with E-state index in [1.165, 1.54) is 0 Å². The first-order valence-corrected chi connectivity index (χ1v) is 9.50. The average Bonchev–Trinajstić information content (AvgIpc) is 3.12. The molecule has 7 nitrogen and oxygen atoms in total. The number of hydrogen-bond acceptors (Lipinski definition) is 5. The van der Waals surface area contributed by atoms with Crippen LogP contribution in [0.25, 0.3) is 10.9 Å². The maximum atomic E-state index is 12.1. The van der Waals surface area contributed by atoms with Crippen molar-refractivity contribution < 1.29 is 23.8 Å². The molecule has 2 N–H and O–H groups in total. The summed E-state index contributed by atoms with van der Waals surface area (Å²) in [6.45, 7) is 4.38. The SMILES string of the molecule is CCOc1ccc(NC(=O)COC(=O)Cc2c[nH]c3ccccc23)cc1OCC. The number of aromatic nitrogens is 1. The zero-order valence-electron chi connectivity index (χ0n) is 16.5. The van der Waals surface area contributed by atoms with Crippen LogP contribution < -0.4 is 14.8 Å². The summed E-state index contributed by atoms with van der Waals surface area (Å²) in [7, 11) is 0. The van der Waals surface area contributed by atoms with Crippen molar-refractivity contribution in [3.05, 3.63) is 54.2 Å². The molecule has 0 spiro atoms. The standard InChI is InChI=1S/C22H24N2O5/c1-3-27-19-10-9-16(12-20(19)28-4-2)24-21(25)14-29-22(26)11-15-13-23-18-8-6-5-7-17(15)18/h5-10,12-13,23H,3-4,11,14H2,1-2H3,(H,24,25). The molecule has 1 heterocycles. The first-order chi connectivity index (χ1) is 14.1. The van der Waals surface area contributed by atoms with Crippen molar-refractivity contribution in [1.29, 1.82) is 0 Å². The van der Waals surface area contributed by atoms with Crippen LogP contribution in [0.3, 0.4) is 0 Å². The highest BCUT2D eigenvalue weighted by Crippen LogP contribution is 2.30. The van der Waals surface area contributed by atoms with Crippen molar-refractivity contribution in [3.63, 3.8) is 0 Å². The number of carbonyl (C=O) groups excluding carboxylic acids is 2. The monoisotopic (exact) mass is 396 g/mol. The number of rotatable bonds is 9. The van der Waals surface area contributed by atoms with Crippen molar-refractivity contribution in [1.82, 2.24) is 4.98 Å². The number of para-hydroxylation sites is 1. The lowest BCUT2D eigenvalue weighted by Gasteiger charge is -2.13. The largest absolute Gasteiger partial charge is 0.490 e. The summed E-state index contributed by atoms with van der Waals surface area (Å²) in [6.07, 6.45) is 1.87. The Labute approximate surface area is 169 Å². The number of anilines is 1. The Balaban J connectivity index is 1.54. The molecule has 0 aliphatic rings. The van der Waals surface area contributed by atoms with Crippen LogP contribution in [0.4, 0.5) is 5.69 Å². The van der Waals surface area contributed by atoms with E-state index in [4.69, 9.17) is 14.2 Å². The lowest BCUT2D eigenvalue weighted by Crippen LogP contribution is -2.21. The van der Waals surface area contributed by atoms with E-state index in [1.54, 1.807) is 24.4 Å². The van der Waals surface area contributed by atoms with Crippen LogP contribution >= 0.6 is 0 Å². The van der Waals surface area contributed by atoms with Gasteiger partial charge in [-0.15, -0.1) is 0 Å². The first kappa shape index (κ1) is 20.3. The van der Waals surface area contributed by atoms with E-state index in [0.717, 1.165) is 16.5 Å². The van der Waals surface area contributed by atoms with Gasteiger partial charge in [-0.3, -0.25) is 9.59 Å². The summed E-state index contributed by atoms with van der Waals surface area (Å²) in [5, 5.41) is 3.66. The smallest absolute Gasteiger partial charge is 0.310 e. The molecule has 3 rings (SSSR count). The number of H-pyrrole nitrogens is 1. The van der Waals surface area contributed by atoms with Gasteiger partial charge in [-0.05, 0) is 37.6 Å². The molecule has 0 saturated heterocycles. The lowest BCUT2D eigenvalue weighted by molar-refractivity contribution is -0.146. The summed E-state index contributed by atoms with van der Waals surface area (Å²) in [5.74, 6) is 0.261. The average molecular weight is 396 g/mol. The minimum Gasteiger partial charge on any atom is -0.490 e. The quantitative estimate of drug-likeness (QED) is 0.539. The number of nitrogens with one attached hydrogen (secondary N) is 2. The molecule has 3 aromatic rings. The fourth-order valence-electron chi connectivity index (χ4n) is 2.96. The number of esters is 1. The van der Waals surface area contributed by atoms with E-state index in [-0.39, 0.29) is 13.0 Å². The van der Waals surface area contributed by atoms with E-state index < -0.39 is 11.9 Å². The number of carbonyl (C=O) groups is 2. The number of ether oxygens (including phenoxy) is 3. The maximum Gasteiger partial charge on any atom is 0.310 e. The van der Waals surface area contributed by atoms with Crippen LogP contribution in [0, 0.1) is 0 Å². The Morgan fingerprint density at radius 3 is 2.55 bits per heavy atom. The number of benzene rings is 2. The van der Waals surface area contributed by atoms with Crippen molar-refractivity contribution in [2.45, 2.75) is 20.3 Å². The van der Waals surface area contributed by atoms with Crippen LogP contribution in [0.5, 0.6) is 11.5 Å². The van der Waals surface area contributed by atoms with Crippen molar-refractivity contribution in [2.75, 3.05) is 25.1 Å². The van der Waals surface area contributed by atoms with E-state index in [0.29, 0.717) is 30.4 Å². The molecule has 0 radical (unpaired) electrons. The Bertz CT molecular complexity index is 996. The fourth-order valence-corrected chi connectivity index (χ4v) is 2.96. The Kier molecular flexibility index (Phi) is 6.73. The van der Waals surface area contributed by atoms with E-state index in [2.05, 4.69) is 10.3 Å². The number of amides is 1. The molecule has 0 bridgehead atoms. The Morgan fingerprint density at radius 1 is 1.00 bits per heavy atom. The fraction of sp³-hybridized carbons (Fsp3) is 0.273. The Hall–Kier alpha value is -3.48. The summed E-state index contributed by atoms with van der Waals surface area (Å²) in [5.41, 5.74) is 2.32. The van der Waals surface area contributed by atoms with Gasteiger partial charge in [0.05, 0.1) is 19.6 Å². The van der Waals surface area contributed by atoms with Crippen molar-refractivity contribution in [2.24, 2.45) is 0 Å². The predicted molar refractivity (Wildman–Crippen MR) is 110 cm³/mol. The highest BCUT2D eigenvalue weighted by atomic mass is 16.5. The van der Waals surface area contributed by atoms with Crippen LogP contribution in [-0.4, -0.2) is 36.7 Å². The van der Waals surface area contributed by atoms with Gasteiger partial charge in [0, 0.05) is 28.9 Å². The molecule has 0 saturated carbocycles. The molecule has 7 heteroatoms.